The van der Waals surface area contributed by atoms with Gasteiger partial charge < -0.3 is 15.8 Å². The Hall–Kier alpha value is -1.76. The highest BCUT2D eigenvalue weighted by molar-refractivity contribution is 5.81. The number of amides is 1. The molecule has 1 rings (SSSR count). The molecule has 0 saturated heterocycles. The fourth-order valence-corrected chi connectivity index (χ4v) is 1.46. The van der Waals surface area contributed by atoms with E-state index < -0.39 is 23.8 Å². The zero-order valence-corrected chi connectivity index (χ0v) is 11.2. The Morgan fingerprint density at radius 2 is 1.95 bits per heavy atom. The number of hydrogen-bond acceptors (Lipinski definition) is 3. The summed E-state index contributed by atoms with van der Waals surface area (Å²) in [5, 5.41) is 2.54. The topological polar surface area (TPSA) is 64.3 Å². The lowest BCUT2D eigenvalue weighted by atomic mass is 10.2. The van der Waals surface area contributed by atoms with Gasteiger partial charge in [0.1, 0.15) is 12.4 Å². The van der Waals surface area contributed by atoms with E-state index in [0.717, 1.165) is 6.07 Å². The summed E-state index contributed by atoms with van der Waals surface area (Å²) in [6.07, 6.45) is -4.48. The summed E-state index contributed by atoms with van der Waals surface area (Å²) in [5.74, 6) is -0.646. The van der Waals surface area contributed by atoms with Gasteiger partial charge in [-0.2, -0.15) is 13.2 Å². The minimum atomic E-state index is -4.48. The Balaban J connectivity index is 2.64. The molecule has 0 aliphatic heterocycles. The van der Waals surface area contributed by atoms with Crippen LogP contribution in [-0.4, -0.2) is 24.6 Å². The Kier molecular flexibility index (Phi) is 5.38. The molecule has 3 N–H and O–H groups in total. The highest BCUT2D eigenvalue weighted by Crippen LogP contribution is 2.35. The van der Waals surface area contributed by atoms with Crippen molar-refractivity contribution in [3.63, 3.8) is 0 Å². The zero-order chi connectivity index (χ0) is 15.3. The molecule has 112 valence electrons. The molecule has 0 aliphatic rings. The largest absolute Gasteiger partial charge is 0.491 e. The number of benzene rings is 1. The first-order chi connectivity index (χ1) is 9.21. The number of rotatable bonds is 5. The third-order valence-corrected chi connectivity index (χ3v) is 2.48. The van der Waals surface area contributed by atoms with Crippen molar-refractivity contribution in [2.75, 3.05) is 6.61 Å². The fourth-order valence-electron chi connectivity index (χ4n) is 1.46. The summed E-state index contributed by atoms with van der Waals surface area (Å²) in [5.41, 5.74) is 4.53. The number of halogens is 3. The van der Waals surface area contributed by atoms with E-state index >= 15 is 0 Å². The van der Waals surface area contributed by atoms with Crippen molar-refractivity contribution in [2.24, 2.45) is 5.73 Å². The summed E-state index contributed by atoms with van der Waals surface area (Å²) >= 11 is 0. The zero-order valence-electron chi connectivity index (χ0n) is 11.2. The molecule has 4 nitrogen and oxygen atoms in total. The monoisotopic (exact) mass is 290 g/mol. The maximum Gasteiger partial charge on any atom is 0.419 e. The van der Waals surface area contributed by atoms with Crippen LogP contribution >= 0.6 is 0 Å². The second kappa shape index (κ2) is 6.60. The molecule has 0 heterocycles. The lowest BCUT2D eigenvalue weighted by Gasteiger charge is -2.18. The van der Waals surface area contributed by atoms with E-state index in [1.165, 1.54) is 25.1 Å². The van der Waals surface area contributed by atoms with Crippen molar-refractivity contribution >= 4 is 5.91 Å². The fraction of sp³-hybridized carbons (Fsp3) is 0.462. The summed E-state index contributed by atoms with van der Waals surface area (Å²) < 4.78 is 43.3. The van der Waals surface area contributed by atoms with Crippen molar-refractivity contribution in [3.8, 4) is 5.75 Å². The Morgan fingerprint density at radius 1 is 1.35 bits per heavy atom. The van der Waals surface area contributed by atoms with Gasteiger partial charge in [-0.15, -0.1) is 0 Å². The Labute approximate surface area is 115 Å². The van der Waals surface area contributed by atoms with E-state index in [-0.39, 0.29) is 18.3 Å². The van der Waals surface area contributed by atoms with Gasteiger partial charge in [0.2, 0.25) is 5.91 Å². The maximum atomic E-state index is 12.7. The van der Waals surface area contributed by atoms with E-state index in [4.69, 9.17) is 10.5 Å². The van der Waals surface area contributed by atoms with Gasteiger partial charge in [-0.1, -0.05) is 12.1 Å². The molecule has 2 atom stereocenters. The van der Waals surface area contributed by atoms with E-state index in [0.29, 0.717) is 0 Å². The number of para-hydroxylation sites is 1. The maximum absolute atomic E-state index is 12.7. The number of alkyl halides is 3. The molecule has 0 aromatic heterocycles. The Bertz CT molecular complexity index is 461. The molecule has 0 spiro atoms. The predicted molar refractivity (Wildman–Crippen MR) is 68.2 cm³/mol. The van der Waals surface area contributed by atoms with Crippen LogP contribution in [0.3, 0.4) is 0 Å². The molecule has 0 radical (unpaired) electrons. The number of carbonyl (C=O) groups is 1. The van der Waals surface area contributed by atoms with Crippen molar-refractivity contribution in [1.82, 2.24) is 5.32 Å². The van der Waals surface area contributed by atoms with Gasteiger partial charge in [0.25, 0.3) is 0 Å². The number of hydrogen-bond donors (Lipinski definition) is 2. The molecule has 0 bridgehead atoms. The van der Waals surface area contributed by atoms with Crippen molar-refractivity contribution in [1.29, 1.82) is 0 Å². The molecule has 1 aromatic carbocycles. The second-order valence-electron chi connectivity index (χ2n) is 4.50. The second-order valence-corrected chi connectivity index (χ2v) is 4.50. The molecule has 20 heavy (non-hydrogen) atoms. The highest BCUT2D eigenvalue weighted by Gasteiger charge is 2.34. The quantitative estimate of drug-likeness (QED) is 0.871. The van der Waals surface area contributed by atoms with Crippen molar-refractivity contribution in [3.05, 3.63) is 29.8 Å². The SMILES string of the molecule is CC(COc1ccccc1C(F)(F)F)NC(=O)[C@@H](C)N. The number of nitrogens with one attached hydrogen (secondary N) is 1. The van der Waals surface area contributed by atoms with Crippen LogP contribution in [0.1, 0.15) is 19.4 Å². The van der Waals surface area contributed by atoms with Crippen molar-refractivity contribution < 1.29 is 22.7 Å². The minimum absolute atomic E-state index is 0.0778. The molecule has 1 amide bonds. The van der Waals surface area contributed by atoms with Crippen LogP contribution in [0.25, 0.3) is 0 Å². The summed E-state index contributed by atoms with van der Waals surface area (Å²) in [4.78, 5) is 11.3. The van der Waals surface area contributed by atoms with Gasteiger partial charge in [-0.05, 0) is 26.0 Å². The smallest absolute Gasteiger partial charge is 0.419 e. The predicted octanol–water partition coefficient (Wildman–Crippen LogP) is 1.94. The van der Waals surface area contributed by atoms with Gasteiger partial charge in [0, 0.05) is 0 Å². The molecule has 0 fully saturated rings. The highest BCUT2D eigenvalue weighted by atomic mass is 19.4. The average molecular weight is 290 g/mol. The molecular formula is C13H17F3N2O2. The van der Waals surface area contributed by atoms with Gasteiger partial charge in [-0.25, -0.2) is 0 Å². The van der Waals surface area contributed by atoms with Gasteiger partial charge >= 0.3 is 6.18 Å². The summed E-state index contributed by atoms with van der Waals surface area (Å²) in [6, 6.07) is 3.80. The minimum Gasteiger partial charge on any atom is -0.491 e. The van der Waals surface area contributed by atoms with Crippen molar-refractivity contribution in [2.45, 2.75) is 32.1 Å². The van der Waals surface area contributed by atoms with Gasteiger partial charge in [0.05, 0.1) is 17.6 Å². The van der Waals surface area contributed by atoms with Crippen LogP contribution in [0, 0.1) is 0 Å². The van der Waals surface area contributed by atoms with E-state index in [1.807, 2.05) is 0 Å². The molecular weight excluding hydrogens is 273 g/mol. The van der Waals surface area contributed by atoms with E-state index in [1.54, 1.807) is 6.92 Å². The van der Waals surface area contributed by atoms with E-state index in [2.05, 4.69) is 5.32 Å². The summed E-state index contributed by atoms with van der Waals surface area (Å²) in [6.45, 7) is 3.06. The Morgan fingerprint density at radius 3 is 2.50 bits per heavy atom. The van der Waals surface area contributed by atoms with Crippen LogP contribution in [-0.2, 0) is 11.0 Å². The number of carbonyl (C=O) groups excluding carboxylic acids is 1. The molecule has 1 aromatic rings. The first-order valence-corrected chi connectivity index (χ1v) is 6.06. The third kappa shape index (κ3) is 4.73. The van der Waals surface area contributed by atoms with Crippen LogP contribution in [0.15, 0.2) is 24.3 Å². The van der Waals surface area contributed by atoms with Gasteiger partial charge in [-0.3, -0.25) is 4.79 Å². The van der Waals surface area contributed by atoms with E-state index in [9.17, 15) is 18.0 Å². The third-order valence-electron chi connectivity index (χ3n) is 2.48. The standard InChI is InChI=1S/C13H17F3N2O2/c1-8(18-12(19)9(2)17)7-20-11-6-4-3-5-10(11)13(14,15)16/h3-6,8-9H,7,17H2,1-2H3,(H,18,19)/t8?,9-/m1/s1. The van der Waals surface area contributed by atoms with Gasteiger partial charge in [0.15, 0.2) is 0 Å². The normalized spacial score (nSPS) is 14.5. The first-order valence-electron chi connectivity index (χ1n) is 6.06. The number of ether oxygens (including phenoxy) is 1. The average Bonchev–Trinajstić information content (AvgIpc) is 2.35. The van der Waals surface area contributed by atoms with Crippen LogP contribution < -0.4 is 15.8 Å². The first kappa shape index (κ1) is 16.3. The molecule has 7 heteroatoms. The van der Waals surface area contributed by atoms with Crippen LogP contribution in [0.5, 0.6) is 5.75 Å². The lowest BCUT2D eigenvalue weighted by Crippen LogP contribution is -2.44. The van der Waals surface area contributed by atoms with Crippen LogP contribution in [0.4, 0.5) is 13.2 Å². The molecule has 0 aliphatic carbocycles. The summed E-state index contributed by atoms with van der Waals surface area (Å²) in [7, 11) is 0. The molecule has 0 saturated carbocycles. The number of nitrogens with two attached hydrogens (primary N) is 1. The molecule has 1 unspecified atom stereocenters. The lowest BCUT2D eigenvalue weighted by molar-refractivity contribution is -0.139. The van der Waals surface area contributed by atoms with Crippen LogP contribution in [0.2, 0.25) is 0 Å².